The molecule has 1 amide bonds. The summed E-state index contributed by atoms with van der Waals surface area (Å²) in [5, 5.41) is 87.1. The zero-order valence-corrected chi connectivity index (χ0v) is 48.0. The Hall–Kier alpha value is -1.79. The van der Waals surface area contributed by atoms with Crippen LogP contribution < -0.4 is 5.32 Å². The Morgan fingerprint density at radius 1 is 0.461 bits per heavy atom. The van der Waals surface area contributed by atoms with Crippen molar-refractivity contribution in [2.75, 3.05) is 19.8 Å². The summed E-state index contributed by atoms with van der Waals surface area (Å²) in [5.74, 6) is -0.256. The van der Waals surface area contributed by atoms with Gasteiger partial charge in [0.15, 0.2) is 12.6 Å². The number of hydrogen-bond acceptors (Lipinski definition) is 13. The molecule has 12 unspecified atom stereocenters. The normalized spacial score (nSPS) is 25.1. The number of hydrogen-bond donors (Lipinski definition) is 9. The molecule has 2 aliphatic heterocycles. The van der Waals surface area contributed by atoms with Gasteiger partial charge in [0.25, 0.3) is 0 Å². The Morgan fingerprint density at radius 2 is 0.842 bits per heavy atom. The minimum Gasteiger partial charge on any atom is -0.394 e. The van der Waals surface area contributed by atoms with Crippen molar-refractivity contribution in [3.05, 3.63) is 36.5 Å². The number of carbonyl (C=O) groups excluding carboxylic acids is 1. The van der Waals surface area contributed by atoms with E-state index in [1.165, 1.54) is 173 Å². The van der Waals surface area contributed by atoms with Crippen molar-refractivity contribution < 1.29 is 64.6 Å². The molecule has 2 saturated heterocycles. The first kappa shape index (κ1) is 70.3. The summed E-state index contributed by atoms with van der Waals surface area (Å²) in [4.78, 5) is 13.2. The number of carbonyl (C=O) groups is 1. The maximum atomic E-state index is 13.2. The van der Waals surface area contributed by atoms with Crippen LogP contribution in [0.5, 0.6) is 0 Å². The standard InChI is InChI=1S/C62H115NO13/c1-3-5-7-9-11-13-15-17-19-21-22-23-24-25-26-27-28-29-30-31-33-35-37-39-41-43-45-51(66)50(63-54(67)46-44-42-40-38-36-34-32-20-18-16-14-12-10-8-6-4-2)49-73-61-59(72)57(70)60(53(48-65)75-61)76-62-58(71)56(69)55(68)52(47-64)74-62/h20,32,35,37,43,45,50-53,55-62,64-66,68-72H,3-19,21-31,33-34,36,38-42,44,46-49H2,1-2H3,(H,63,67)/b32-20-,37-35+,45-43+. The number of nitrogens with one attached hydrogen (secondary N) is 1. The average Bonchev–Trinajstić information content (AvgIpc) is 3.42. The van der Waals surface area contributed by atoms with E-state index in [1.807, 2.05) is 6.08 Å². The molecular formula is C62H115NO13. The van der Waals surface area contributed by atoms with Crippen LogP contribution in [-0.4, -0.2) is 140 Å². The zero-order valence-electron chi connectivity index (χ0n) is 48.0. The van der Waals surface area contributed by atoms with Gasteiger partial charge in [0, 0.05) is 6.42 Å². The lowest BCUT2D eigenvalue weighted by atomic mass is 9.97. The Bertz CT molecular complexity index is 1410. The van der Waals surface area contributed by atoms with E-state index in [9.17, 15) is 45.6 Å². The van der Waals surface area contributed by atoms with Crippen LogP contribution in [0.25, 0.3) is 0 Å². The number of amides is 1. The van der Waals surface area contributed by atoms with Crippen LogP contribution in [0, 0.1) is 0 Å². The van der Waals surface area contributed by atoms with Gasteiger partial charge in [-0.1, -0.05) is 230 Å². The van der Waals surface area contributed by atoms with E-state index >= 15 is 0 Å². The summed E-state index contributed by atoms with van der Waals surface area (Å²) in [7, 11) is 0. The van der Waals surface area contributed by atoms with Crippen molar-refractivity contribution >= 4 is 5.91 Å². The van der Waals surface area contributed by atoms with Gasteiger partial charge in [-0.3, -0.25) is 4.79 Å². The molecule has 0 aromatic rings. The van der Waals surface area contributed by atoms with Gasteiger partial charge in [-0.05, 0) is 57.8 Å². The van der Waals surface area contributed by atoms with E-state index in [2.05, 4.69) is 43.5 Å². The highest BCUT2D eigenvalue weighted by Gasteiger charge is 2.51. The molecule has 0 bridgehead atoms. The Morgan fingerprint density at radius 3 is 1.29 bits per heavy atom. The number of aliphatic hydroxyl groups excluding tert-OH is 8. The van der Waals surface area contributed by atoms with Crippen molar-refractivity contribution in [2.45, 2.75) is 331 Å². The lowest BCUT2D eigenvalue weighted by Crippen LogP contribution is -2.65. The molecule has 0 aromatic carbocycles. The SMILES string of the molecule is CCCCCCCCC/C=C\CCCCCCCC(=O)NC(COC1OC(CO)C(OC2OC(CO)C(O)C(O)C2O)C(O)C1O)C(O)/C=C/CC/C=C/CCCCCCCCCCCCCCCCCCCCCC. The molecule has 0 aromatic heterocycles. The molecule has 0 aliphatic carbocycles. The van der Waals surface area contributed by atoms with E-state index in [0.717, 1.165) is 51.4 Å². The minimum atomic E-state index is -1.79. The van der Waals surface area contributed by atoms with Gasteiger partial charge < -0.3 is 65.1 Å². The van der Waals surface area contributed by atoms with Crippen molar-refractivity contribution in [3.8, 4) is 0 Å². The van der Waals surface area contributed by atoms with Crippen LogP contribution >= 0.6 is 0 Å². The molecule has 0 spiro atoms. The third-order valence-electron chi connectivity index (χ3n) is 15.3. The quantitative estimate of drug-likeness (QED) is 0.0204. The van der Waals surface area contributed by atoms with E-state index in [-0.39, 0.29) is 18.9 Å². The Balaban J connectivity index is 1.75. The summed E-state index contributed by atoms with van der Waals surface area (Å²) in [6.45, 7) is 2.79. The first-order valence-corrected chi connectivity index (χ1v) is 31.2. The third-order valence-corrected chi connectivity index (χ3v) is 15.3. The van der Waals surface area contributed by atoms with E-state index < -0.39 is 86.8 Å². The fraction of sp³-hybridized carbons (Fsp3) is 0.887. The van der Waals surface area contributed by atoms with Crippen LogP contribution in [-0.2, 0) is 23.7 Å². The zero-order chi connectivity index (χ0) is 55.3. The van der Waals surface area contributed by atoms with Crippen molar-refractivity contribution in [3.63, 3.8) is 0 Å². The number of rotatable bonds is 50. The van der Waals surface area contributed by atoms with Crippen LogP contribution in [0.3, 0.4) is 0 Å². The molecule has 76 heavy (non-hydrogen) atoms. The Labute approximate surface area is 461 Å². The smallest absolute Gasteiger partial charge is 0.220 e. The lowest BCUT2D eigenvalue weighted by molar-refractivity contribution is -0.359. The fourth-order valence-corrected chi connectivity index (χ4v) is 10.2. The number of ether oxygens (including phenoxy) is 4. The Kier molecular flexibility index (Phi) is 44.4. The first-order valence-electron chi connectivity index (χ1n) is 31.2. The summed E-state index contributed by atoms with van der Waals surface area (Å²) in [6.07, 6.45) is 42.0. The van der Waals surface area contributed by atoms with Gasteiger partial charge in [-0.15, -0.1) is 0 Å². The van der Waals surface area contributed by atoms with E-state index in [1.54, 1.807) is 6.08 Å². The van der Waals surface area contributed by atoms with Gasteiger partial charge in [-0.2, -0.15) is 0 Å². The topological polar surface area (TPSA) is 228 Å². The van der Waals surface area contributed by atoms with Gasteiger partial charge >= 0.3 is 0 Å². The van der Waals surface area contributed by atoms with Gasteiger partial charge in [0.05, 0.1) is 32.0 Å². The first-order chi connectivity index (χ1) is 37.1. The molecule has 2 heterocycles. The summed E-state index contributed by atoms with van der Waals surface area (Å²) < 4.78 is 22.8. The van der Waals surface area contributed by atoms with Crippen molar-refractivity contribution in [1.29, 1.82) is 0 Å². The predicted octanol–water partition coefficient (Wildman–Crippen LogP) is 11.0. The second-order valence-electron chi connectivity index (χ2n) is 22.2. The van der Waals surface area contributed by atoms with Crippen LogP contribution in [0.15, 0.2) is 36.5 Å². The van der Waals surface area contributed by atoms with E-state index in [4.69, 9.17) is 18.9 Å². The van der Waals surface area contributed by atoms with Crippen LogP contribution in [0.2, 0.25) is 0 Å². The molecule has 0 radical (unpaired) electrons. The summed E-state index contributed by atoms with van der Waals surface area (Å²) in [5.41, 5.74) is 0. The van der Waals surface area contributed by atoms with Crippen molar-refractivity contribution in [1.82, 2.24) is 5.32 Å². The number of aliphatic hydroxyl groups is 8. The van der Waals surface area contributed by atoms with Gasteiger partial charge in [0.1, 0.15) is 48.8 Å². The highest BCUT2D eigenvalue weighted by Crippen LogP contribution is 2.30. The highest BCUT2D eigenvalue weighted by atomic mass is 16.7. The van der Waals surface area contributed by atoms with Gasteiger partial charge in [-0.25, -0.2) is 0 Å². The van der Waals surface area contributed by atoms with E-state index in [0.29, 0.717) is 12.8 Å². The molecule has 12 atom stereocenters. The molecule has 14 heteroatoms. The average molecular weight is 1080 g/mol. The lowest BCUT2D eigenvalue weighted by Gasteiger charge is -2.46. The third kappa shape index (κ3) is 33.1. The molecule has 446 valence electrons. The maximum Gasteiger partial charge on any atom is 0.220 e. The van der Waals surface area contributed by atoms with Crippen LogP contribution in [0.1, 0.15) is 258 Å². The number of allylic oxidation sites excluding steroid dienone is 5. The highest BCUT2D eigenvalue weighted by molar-refractivity contribution is 5.76. The summed E-state index contributed by atoms with van der Waals surface area (Å²) in [6, 6.07) is -0.935. The molecule has 14 nitrogen and oxygen atoms in total. The van der Waals surface area contributed by atoms with Gasteiger partial charge in [0.2, 0.25) is 5.91 Å². The predicted molar refractivity (Wildman–Crippen MR) is 305 cm³/mol. The molecular weight excluding hydrogens is 967 g/mol. The molecule has 2 fully saturated rings. The number of unbranched alkanes of at least 4 members (excludes halogenated alkanes) is 33. The second-order valence-corrected chi connectivity index (χ2v) is 22.2. The summed E-state index contributed by atoms with van der Waals surface area (Å²) >= 11 is 0. The maximum absolute atomic E-state index is 13.2. The minimum absolute atomic E-state index is 0.256. The van der Waals surface area contributed by atoms with Crippen molar-refractivity contribution in [2.24, 2.45) is 0 Å². The molecule has 2 aliphatic rings. The van der Waals surface area contributed by atoms with Crippen LogP contribution in [0.4, 0.5) is 0 Å². The largest absolute Gasteiger partial charge is 0.394 e. The second kappa shape index (κ2) is 48.0. The molecule has 0 saturated carbocycles. The fourth-order valence-electron chi connectivity index (χ4n) is 10.2. The molecule has 9 N–H and O–H groups in total. The monoisotopic (exact) mass is 1080 g/mol. The molecule has 2 rings (SSSR count).